The van der Waals surface area contributed by atoms with E-state index in [9.17, 15) is 9.90 Å². The van der Waals surface area contributed by atoms with Crippen LogP contribution < -0.4 is 0 Å². The number of thiol groups is 1. The van der Waals surface area contributed by atoms with Gasteiger partial charge in [-0.15, -0.1) is 0 Å². The summed E-state index contributed by atoms with van der Waals surface area (Å²) in [6.07, 6.45) is 3.74. The number of likely N-dealkylation sites (N-methyl/N-ethyl adjacent to an activating group) is 1. The second kappa shape index (κ2) is 5.41. The number of nitrogens with zero attached hydrogens (tertiary/aromatic N) is 1. The van der Waals surface area contributed by atoms with Crippen molar-refractivity contribution < 1.29 is 9.90 Å². The molecule has 1 aliphatic carbocycles. The fourth-order valence-corrected chi connectivity index (χ4v) is 2.42. The fourth-order valence-electron chi connectivity index (χ4n) is 2.22. The zero-order valence-corrected chi connectivity index (χ0v) is 11.3. The standard InChI is InChI=1S/C12H23NO2S/c1-9(2)10(16)11(14)13(3)8-12(15)6-4-5-7-12/h9-10,15-16H,4-8H2,1-3H3. The summed E-state index contributed by atoms with van der Waals surface area (Å²) in [4.78, 5) is 13.6. The third-order valence-electron chi connectivity index (χ3n) is 3.33. The average Bonchev–Trinajstić information content (AvgIpc) is 2.62. The molecular weight excluding hydrogens is 222 g/mol. The van der Waals surface area contributed by atoms with Gasteiger partial charge >= 0.3 is 0 Å². The molecule has 1 N–H and O–H groups in total. The number of aliphatic hydroxyl groups is 1. The Labute approximate surface area is 104 Å². The van der Waals surface area contributed by atoms with Crippen molar-refractivity contribution in [2.45, 2.75) is 50.4 Å². The van der Waals surface area contributed by atoms with Gasteiger partial charge in [-0.3, -0.25) is 4.79 Å². The Kier molecular flexibility index (Phi) is 4.68. The van der Waals surface area contributed by atoms with E-state index in [4.69, 9.17) is 0 Å². The van der Waals surface area contributed by atoms with E-state index < -0.39 is 5.60 Å². The Morgan fingerprint density at radius 3 is 2.38 bits per heavy atom. The summed E-state index contributed by atoms with van der Waals surface area (Å²) in [6.45, 7) is 4.40. The van der Waals surface area contributed by atoms with Gasteiger partial charge in [-0.25, -0.2) is 0 Å². The highest BCUT2D eigenvalue weighted by molar-refractivity contribution is 7.81. The summed E-state index contributed by atoms with van der Waals surface area (Å²) >= 11 is 4.31. The second-order valence-corrected chi connectivity index (χ2v) is 5.87. The van der Waals surface area contributed by atoms with Gasteiger partial charge in [-0.05, 0) is 18.8 Å². The van der Waals surface area contributed by atoms with Crippen LogP contribution in [-0.2, 0) is 4.79 Å². The molecule has 1 rings (SSSR count). The molecule has 94 valence electrons. The van der Waals surface area contributed by atoms with E-state index in [1.165, 1.54) is 0 Å². The maximum atomic E-state index is 12.0. The van der Waals surface area contributed by atoms with Gasteiger partial charge in [0.1, 0.15) is 0 Å². The SMILES string of the molecule is CC(C)C(S)C(=O)N(C)CC1(O)CCCC1. The highest BCUT2D eigenvalue weighted by Gasteiger charge is 2.34. The number of carbonyl (C=O) groups excluding carboxylic acids is 1. The number of hydrogen-bond acceptors (Lipinski definition) is 3. The molecule has 0 aliphatic heterocycles. The van der Waals surface area contributed by atoms with Crippen LogP contribution in [0, 0.1) is 5.92 Å². The van der Waals surface area contributed by atoms with E-state index in [0.717, 1.165) is 25.7 Å². The predicted molar refractivity (Wildman–Crippen MR) is 68.7 cm³/mol. The smallest absolute Gasteiger partial charge is 0.235 e. The van der Waals surface area contributed by atoms with Crippen LogP contribution in [0.1, 0.15) is 39.5 Å². The number of carbonyl (C=O) groups is 1. The molecule has 0 aromatic rings. The van der Waals surface area contributed by atoms with E-state index >= 15 is 0 Å². The van der Waals surface area contributed by atoms with Gasteiger partial charge in [0.05, 0.1) is 10.9 Å². The first-order valence-corrected chi connectivity index (χ1v) is 6.53. The maximum Gasteiger partial charge on any atom is 0.235 e. The normalized spacial score (nSPS) is 21.1. The van der Waals surface area contributed by atoms with Crippen molar-refractivity contribution in [2.24, 2.45) is 5.92 Å². The summed E-state index contributed by atoms with van der Waals surface area (Å²) in [5.41, 5.74) is -0.658. The van der Waals surface area contributed by atoms with Gasteiger partial charge in [-0.1, -0.05) is 26.7 Å². The molecule has 16 heavy (non-hydrogen) atoms. The Bertz CT molecular complexity index is 249. The van der Waals surface area contributed by atoms with Crippen molar-refractivity contribution in [3.8, 4) is 0 Å². The first-order valence-electron chi connectivity index (χ1n) is 6.01. The molecule has 0 spiro atoms. The Morgan fingerprint density at radius 1 is 1.44 bits per heavy atom. The van der Waals surface area contributed by atoms with Gasteiger partial charge in [0.2, 0.25) is 5.91 Å². The van der Waals surface area contributed by atoms with Crippen LogP contribution in [-0.4, -0.2) is 40.4 Å². The van der Waals surface area contributed by atoms with Crippen molar-refractivity contribution >= 4 is 18.5 Å². The second-order valence-electron chi connectivity index (χ2n) is 5.31. The van der Waals surface area contributed by atoms with Crippen LogP contribution in [0.4, 0.5) is 0 Å². The minimum atomic E-state index is -0.658. The van der Waals surface area contributed by atoms with Gasteiger partial charge in [0, 0.05) is 13.6 Å². The summed E-state index contributed by atoms with van der Waals surface area (Å²) in [6, 6.07) is 0. The highest BCUT2D eigenvalue weighted by Crippen LogP contribution is 2.30. The minimum absolute atomic E-state index is 0.0126. The summed E-state index contributed by atoms with van der Waals surface area (Å²) in [5, 5.41) is 9.94. The quantitative estimate of drug-likeness (QED) is 0.740. The molecule has 1 amide bonds. The van der Waals surface area contributed by atoms with Gasteiger partial charge in [-0.2, -0.15) is 12.6 Å². The van der Waals surface area contributed by atoms with E-state index in [1.807, 2.05) is 13.8 Å². The van der Waals surface area contributed by atoms with Gasteiger partial charge in [0.15, 0.2) is 0 Å². The largest absolute Gasteiger partial charge is 0.388 e. The number of rotatable bonds is 4. The van der Waals surface area contributed by atoms with Crippen LogP contribution in [0.3, 0.4) is 0 Å². The zero-order chi connectivity index (χ0) is 12.3. The first kappa shape index (κ1) is 13.8. The predicted octanol–water partition coefficient (Wildman–Crippen LogP) is 1.70. The molecular formula is C12H23NO2S. The lowest BCUT2D eigenvalue weighted by Gasteiger charge is -2.30. The Hall–Kier alpha value is -0.220. The monoisotopic (exact) mass is 245 g/mol. The molecule has 1 saturated carbocycles. The van der Waals surface area contributed by atoms with Gasteiger partial charge in [0.25, 0.3) is 0 Å². The molecule has 0 saturated heterocycles. The third-order valence-corrected chi connectivity index (χ3v) is 4.14. The van der Waals surface area contributed by atoms with Gasteiger partial charge < -0.3 is 10.0 Å². The van der Waals surface area contributed by atoms with E-state index in [1.54, 1.807) is 11.9 Å². The molecule has 0 aromatic heterocycles. The fraction of sp³-hybridized carbons (Fsp3) is 0.917. The maximum absolute atomic E-state index is 12.0. The van der Waals surface area contributed by atoms with Crippen molar-refractivity contribution in [2.75, 3.05) is 13.6 Å². The molecule has 1 aliphatic rings. The van der Waals surface area contributed by atoms with Crippen molar-refractivity contribution in [1.82, 2.24) is 4.90 Å². The van der Waals surface area contributed by atoms with E-state index in [2.05, 4.69) is 12.6 Å². The molecule has 4 heteroatoms. The average molecular weight is 245 g/mol. The molecule has 1 fully saturated rings. The molecule has 0 radical (unpaired) electrons. The van der Waals surface area contributed by atoms with Crippen LogP contribution >= 0.6 is 12.6 Å². The molecule has 1 unspecified atom stereocenters. The molecule has 0 aromatic carbocycles. The lowest BCUT2D eigenvalue weighted by Crippen LogP contribution is -2.45. The summed E-state index contributed by atoms with van der Waals surface area (Å²) in [7, 11) is 1.75. The Morgan fingerprint density at radius 2 is 1.94 bits per heavy atom. The zero-order valence-electron chi connectivity index (χ0n) is 10.4. The molecule has 1 atom stereocenters. The van der Waals surface area contributed by atoms with Crippen LogP contribution in [0.25, 0.3) is 0 Å². The lowest BCUT2D eigenvalue weighted by molar-refractivity contribution is -0.133. The highest BCUT2D eigenvalue weighted by atomic mass is 32.1. The minimum Gasteiger partial charge on any atom is -0.388 e. The molecule has 3 nitrogen and oxygen atoms in total. The van der Waals surface area contributed by atoms with Crippen molar-refractivity contribution in [3.05, 3.63) is 0 Å². The van der Waals surface area contributed by atoms with Crippen LogP contribution in [0.15, 0.2) is 0 Å². The third kappa shape index (κ3) is 3.39. The van der Waals surface area contributed by atoms with Crippen LogP contribution in [0.5, 0.6) is 0 Å². The molecule has 0 heterocycles. The number of hydrogen-bond donors (Lipinski definition) is 2. The van der Waals surface area contributed by atoms with Crippen LogP contribution in [0.2, 0.25) is 0 Å². The number of amides is 1. The summed E-state index contributed by atoms with van der Waals surface area (Å²) in [5.74, 6) is 0.232. The first-order chi connectivity index (χ1) is 7.36. The van der Waals surface area contributed by atoms with E-state index in [-0.39, 0.29) is 17.1 Å². The van der Waals surface area contributed by atoms with E-state index in [0.29, 0.717) is 6.54 Å². The molecule has 0 bridgehead atoms. The Balaban J connectivity index is 2.51. The van der Waals surface area contributed by atoms with Crippen molar-refractivity contribution in [1.29, 1.82) is 0 Å². The lowest BCUT2D eigenvalue weighted by atomic mass is 10.0. The summed E-state index contributed by atoms with van der Waals surface area (Å²) < 4.78 is 0. The topological polar surface area (TPSA) is 40.5 Å². The van der Waals surface area contributed by atoms with Crippen molar-refractivity contribution in [3.63, 3.8) is 0 Å².